The van der Waals surface area contributed by atoms with Crippen molar-refractivity contribution in [3.8, 4) is 5.75 Å². The van der Waals surface area contributed by atoms with Crippen molar-refractivity contribution in [2.45, 2.75) is 6.61 Å². The van der Waals surface area contributed by atoms with Crippen molar-refractivity contribution >= 4 is 58.5 Å². The molecule has 3 aromatic rings. The van der Waals surface area contributed by atoms with Gasteiger partial charge in [0.15, 0.2) is 0 Å². The number of hydrogen-bond donors (Lipinski definition) is 2. The molecular formula is C22H16Cl3N3O3. The summed E-state index contributed by atoms with van der Waals surface area (Å²) in [5, 5.41) is 7.25. The zero-order valence-electron chi connectivity index (χ0n) is 15.9. The van der Waals surface area contributed by atoms with Crippen molar-refractivity contribution in [3.05, 3.63) is 92.9 Å². The van der Waals surface area contributed by atoms with Crippen LogP contribution in [-0.2, 0) is 16.2 Å². The van der Waals surface area contributed by atoms with Gasteiger partial charge in [0.25, 0.3) is 0 Å². The Morgan fingerprint density at radius 1 is 0.903 bits per heavy atom. The number of halogens is 3. The molecular weight excluding hydrogens is 461 g/mol. The molecule has 0 saturated carbocycles. The van der Waals surface area contributed by atoms with E-state index in [1.54, 1.807) is 42.5 Å². The molecule has 31 heavy (non-hydrogen) atoms. The molecule has 0 aromatic heterocycles. The van der Waals surface area contributed by atoms with Gasteiger partial charge in [0.1, 0.15) is 12.4 Å². The molecule has 0 unspecified atom stereocenters. The third kappa shape index (κ3) is 6.46. The van der Waals surface area contributed by atoms with Gasteiger partial charge < -0.3 is 10.1 Å². The highest BCUT2D eigenvalue weighted by Crippen LogP contribution is 2.29. The summed E-state index contributed by atoms with van der Waals surface area (Å²) in [5.41, 5.74) is 3.95. The zero-order valence-corrected chi connectivity index (χ0v) is 18.2. The Morgan fingerprint density at radius 2 is 1.65 bits per heavy atom. The third-order valence-corrected chi connectivity index (χ3v) is 5.07. The van der Waals surface area contributed by atoms with Crippen LogP contribution in [0.1, 0.15) is 11.1 Å². The Hall–Kier alpha value is -3.06. The number of anilines is 1. The van der Waals surface area contributed by atoms with Crippen LogP contribution in [-0.4, -0.2) is 18.0 Å². The van der Waals surface area contributed by atoms with E-state index in [0.29, 0.717) is 22.9 Å². The second-order valence-corrected chi connectivity index (χ2v) is 7.43. The molecule has 158 valence electrons. The Morgan fingerprint density at radius 3 is 2.42 bits per heavy atom. The van der Waals surface area contributed by atoms with Crippen molar-refractivity contribution < 1.29 is 14.3 Å². The topological polar surface area (TPSA) is 79.8 Å². The average molecular weight is 477 g/mol. The molecule has 0 radical (unpaired) electrons. The van der Waals surface area contributed by atoms with Crippen LogP contribution >= 0.6 is 34.8 Å². The standard InChI is InChI=1S/C22H16Cl3N3O3/c23-16-10-8-14(9-11-16)13-31-19-7-2-1-4-15(19)12-26-28-22(30)21(29)27-18-6-3-5-17(24)20(18)25/h1-12H,13H2,(H,27,29)(H,28,30)/b26-12-. The molecule has 0 aliphatic heterocycles. The van der Waals surface area contributed by atoms with Crippen LogP contribution in [0.3, 0.4) is 0 Å². The predicted molar refractivity (Wildman–Crippen MR) is 123 cm³/mol. The third-order valence-electron chi connectivity index (χ3n) is 4.00. The maximum Gasteiger partial charge on any atom is 0.329 e. The van der Waals surface area contributed by atoms with E-state index in [9.17, 15) is 9.59 Å². The van der Waals surface area contributed by atoms with Crippen molar-refractivity contribution in [3.63, 3.8) is 0 Å². The second kappa shape index (κ2) is 10.8. The molecule has 2 amide bonds. The smallest absolute Gasteiger partial charge is 0.329 e. The van der Waals surface area contributed by atoms with Gasteiger partial charge in [-0.05, 0) is 42.0 Å². The lowest BCUT2D eigenvalue weighted by atomic mass is 10.2. The normalized spacial score (nSPS) is 10.7. The minimum absolute atomic E-state index is 0.139. The van der Waals surface area contributed by atoms with E-state index in [2.05, 4.69) is 15.8 Å². The molecule has 3 rings (SSSR count). The molecule has 6 nitrogen and oxygen atoms in total. The van der Waals surface area contributed by atoms with Crippen LogP contribution in [0.25, 0.3) is 0 Å². The zero-order chi connectivity index (χ0) is 22.2. The number of hydrogen-bond acceptors (Lipinski definition) is 4. The van der Waals surface area contributed by atoms with Gasteiger partial charge in [0.2, 0.25) is 0 Å². The highest BCUT2D eigenvalue weighted by atomic mass is 35.5. The van der Waals surface area contributed by atoms with E-state index in [1.165, 1.54) is 12.3 Å². The first-order valence-electron chi connectivity index (χ1n) is 8.98. The number of rotatable bonds is 6. The number of para-hydroxylation sites is 1. The maximum atomic E-state index is 12.0. The van der Waals surface area contributed by atoms with Gasteiger partial charge in [0, 0.05) is 10.6 Å². The largest absolute Gasteiger partial charge is 0.488 e. The Labute approximate surface area is 193 Å². The minimum Gasteiger partial charge on any atom is -0.488 e. The first-order chi connectivity index (χ1) is 14.9. The Kier molecular flexibility index (Phi) is 7.89. The number of amides is 2. The monoisotopic (exact) mass is 475 g/mol. The first kappa shape index (κ1) is 22.6. The molecule has 0 bridgehead atoms. The van der Waals surface area contributed by atoms with Gasteiger partial charge >= 0.3 is 11.8 Å². The molecule has 3 aromatic carbocycles. The summed E-state index contributed by atoms with van der Waals surface area (Å²) in [5.74, 6) is -1.34. The van der Waals surface area contributed by atoms with E-state index in [1.807, 2.05) is 18.2 Å². The fourth-order valence-electron chi connectivity index (χ4n) is 2.45. The van der Waals surface area contributed by atoms with E-state index in [-0.39, 0.29) is 15.7 Å². The lowest BCUT2D eigenvalue weighted by molar-refractivity contribution is -0.136. The summed E-state index contributed by atoms with van der Waals surface area (Å²) in [6.07, 6.45) is 1.38. The van der Waals surface area contributed by atoms with Crippen LogP contribution in [0.5, 0.6) is 5.75 Å². The minimum atomic E-state index is -0.966. The number of benzene rings is 3. The summed E-state index contributed by atoms with van der Waals surface area (Å²) in [6.45, 7) is 0.331. The number of hydrazone groups is 1. The number of nitrogens with one attached hydrogen (secondary N) is 2. The van der Waals surface area contributed by atoms with Crippen LogP contribution in [0.2, 0.25) is 15.1 Å². The van der Waals surface area contributed by atoms with Gasteiger partial charge in [-0.1, -0.05) is 65.1 Å². The first-order valence-corrected chi connectivity index (χ1v) is 10.1. The highest BCUT2D eigenvalue weighted by molar-refractivity contribution is 6.45. The number of nitrogens with zero attached hydrogens (tertiary/aromatic N) is 1. The average Bonchev–Trinajstić information content (AvgIpc) is 2.77. The van der Waals surface area contributed by atoms with Gasteiger partial charge in [-0.2, -0.15) is 5.10 Å². The number of carbonyl (C=O) groups is 2. The predicted octanol–water partition coefficient (Wildman–Crippen LogP) is 5.31. The van der Waals surface area contributed by atoms with Gasteiger partial charge in [0.05, 0.1) is 21.9 Å². The van der Waals surface area contributed by atoms with Crippen molar-refractivity contribution in [1.82, 2.24) is 5.43 Å². The molecule has 0 aliphatic carbocycles. The highest BCUT2D eigenvalue weighted by Gasteiger charge is 2.15. The number of carbonyl (C=O) groups excluding carboxylic acids is 2. The SMILES string of the molecule is O=C(N/N=C\c1ccccc1OCc1ccc(Cl)cc1)C(=O)Nc1cccc(Cl)c1Cl. The van der Waals surface area contributed by atoms with Gasteiger partial charge in [-0.3, -0.25) is 9.59 Å². The Bertz CT molecular complexity index is 1120. The van der Waals surface area contributed by atoms with Gasteiger partial charge in [-0.15, -0.1) is 0 Å². The maximum absolute atomic E-state index is 12.0. The van der Waals surface area contributed by atoms with E-state index < -0.39 is 11.8 Å². The summed E-state index contributed by atoms with van der Waals surface area (Å²) in [7, 11) is 0. The molecule has 0 atom stereocenters. The van der Waals surface area contributed by atoms with Crippen LogP contribution < -0.4 is 15.5 Å². The molecule has 9 heteroatoms. The molecule has 0 spiro atoms. The van der Waals surface area contributed by atoms with Crippen LogP contribution in [0.15, 0.2) is 71.8 Å². The molecule has 2 N–H and O–H groups in total. The summed E-state index contributed by atoms with van der Waals surface area (Å²) in [6, 6.07) is 19.1. The Balaban J connectivity index is 1.58. The molecule has 0 fully saturated rings. The van der Waals surface area contributed by atoms with Crippen molar-refractivity contribution in [2.24, 2.45) is 5.10 Å². The van der Waals surface area contributed by atoms with E-state index in [0.717, 1.165) is 5.56 Å². The summed E-state index contributed by atoms with van der Waals surface area (Å²) < 4.78 is 5.82. The van der Waals surface area contributed by atoms with Crippen LogP contribution in [0, 0.1) is 0 Å². The summed E-state index contributed by atoms with van der Waals surface area (Å²) in [4.78, 5) is 24.0. The lowest BCUT2D eigenvalue weighted by Crippen LogP contribution is -2.32. The lowest BCUT2D eigenvalue weighted by Gasteiger charge is -2.09. The van der Waals surface area contributed by atoms with Crippen molar-refractivity contribution in [1.29, 1.82) is 0 Å². The fraction of sp³-hybridized carbons (Fsp3) is 0.0455. The van der Waals surface area contributed by atoms with Gasteiger partial charge in [-0.25, -0.2) is 5.43 Å². The molecule has 0 aliphatic rings. The quantitative estimate of drug-likeness (QED) is 0.287. The summed E-state index contributed by atoms with van der Waals surface area (Å²) >= 11 is 17.8. The van der Waals surface area contributed by atoms with Crippen molar-refractivity contribution in [2.75, 3.05) is 5.32 Å². The van der Waals surface area contributed by atoms with E-state index >= 15 is 0 Å². The van der Waals surface area contributed by atoms with Crippen LogP contribution in [0.4, 0.5) is 5.69 Å². The molecule has 0 saturated heterocycles. The second-order valence-electron chi connectivity index (χ2n) is 6.21. The fourth-order valence-corrected chi connectivity index (χ4v) is 2.92. The van der Waals surface area contributed by atoms with E-state index in [4.69, 9.17) is 39.5 Å². The molecule has 0 heterocycles. The number of ether oxygens (including phenoxy) is 1.